The fourth-order valence-electron chi connectivity index (χ4n) is 1.89. The van der Waals surface area contributed by atoms with E-state index in [0.29, 0.717) is 16.7 Å². The first-order valence-electron chi connectivity index (χ1n) is 6.08. The predicted octanol–water partition coefficient (Wildman–Crippen LogP) is 3.78. The molecule has 0 unspecified atom stereocenters. The van der Waals surface area contributed by atoms with Crippen LogP contribution in [0.25, 0.3) is 16.5 Å². The molecule has 2 aromatic rings. The number of methoxy groups -OCH3 is 1. The molecule has 3 nitrogen and oxygen atoms in total. The molecule has 19 heavy (non-hydrogen) atoms. The first kappa shape index (κ1) is 13.1. The zero-order valence-electron chi connectivity index (χ0n) is 11.3. The monoisotopic (exact) mass is 256 g/mol. The standard InChI is InChI=1S/C16H16O3/c1-4-5-8-11(2)15-16(18-3)14(17)12-9-6-7-10-13(12)19-15/h4-10H,1-3H3/b5-4-,11-8+. The Bertz CT molecular complexity index is 705. The van der Waals surface area contributed by atoms with Crippen LogP contribution in [0.5, 0.6) is 5.75 Å². The molecule has 0 fully saturated rings. The maximum atomic E-state index is 12.3. The number of hydrogen-bond acceptors (Lipinski definition) is 3. The van der Waals surface area contributed by atoms with Gasteiger partial charge < -0.3 is 9.15 Å². The second-order valence-electron chi connectivity index (χ2n) is 4.17. The van der Waals surface area contributed by atoms with Crippen molar-refractivity contribution < 1.29 is 9.15 Å². The molecule has 98 valence electrons. The van der Waals surface area contributed by atoms with Crippen LogP contribution in [0.3, 0.4) is 0 Å². The SMILES string of the molecule is C/C=C\C=C(/C)c1oc2ccccc2c(=O)c1OC. The lowest BCUT2D eigenvalue weighted by atomic mass is 10.1. The molecule has 0 amide bonds. The molecule has 0 N–H and O–H groups in total. The number of fused-ring (bicyclic) bond motifs is 1. The molecule has 0 bridgehead atoms. The maximum absolute atomic E-state index is 12.3. The second kappa shape index (κ2) is 5.57. The summed E-state index contributed by atoms with van der Waals surface area (Å²) in [6.07, 6.45) is 5.69. The summed E-state index contributed by atoms with van der Waals surface area (Å²) in [6.45, 7) is 3.81. The van der Waals surface area contributed by atoms with Gasteiger partial charge in [-0.3, -0.25) is 4.79 Å². The Kier molecular flexibility index (Phi) is 3.85. The first-order valence-corrected chi connectivity index (χ1v) is 6.08. The minimum Gasteiger partial charge on any atom is -0.490 e. The van der Waals surface area contributed by atoms with Gasteiger partial charge in [0.1, 0.15) is 5.58 Å². The van der Waals surface area contributed by atoms with Crippen LogP contribution >= 0.6 is 0 Å². The maximum Gasteiger partial charge on any atom is 0.235 e. The lowest BCUT2D eigenvalue weighted by Crippen LogP contribution is -2.08. The van der Waals surface area contributed by atoms with Crippen molar-refractivity contribution in [1.82, 2.24) is 0 Å². The third-order valence-corrected chi connectivity index (χ3v) is 2.86. The van der Waals surface area contributed by atoms with Gasteiger partial charge in [-0.1, -0.05) is 30.4 Å². The van der Waals surface area contributed by atoms with Gasteiger partial charge in [-0.15, -0.1) is 0 Å². The Morgan fingerprint density at radius 1 is 1.32 bits per heavy atom. The smallest absolute Gasteiger partial charge is 0.235 e. The van der Waals surface area contributed by atoms with E-state index in [-0.39, 0.29) is 11.2 Å². The van der Waals surface area contributed by atoms with Crippen molar-refractivity contribution in [1.29, 1.82) is 0 Å². The fourth-order valence-corrected chi connectivity index (χ4v) is 1.89. The van der Waals surface area contributed by atoms with E-state index < -0.39 is 0 Å². The summed E-state index contributed by atoms with van der Waals surface area (Å²) in [7, 11) is 1.48. The quantitative estimate of drug-likeness (QED) is 0.784. The molecule has 1 heterocycles. The summed E-state index contributed by atoms with van der Waals surface area (Å²) >= 11 is 0. The van der Waals surface area contributed by atoms with E-state index in [2.05, 4.69) is 0 Å². The number of allylic oxidation sites excluding steroid dienone is 4. The van der Waals surface area contributed by atoms with Crippen molar-refractivity contribution in [2.75, 3.05) is 7.11 Å². The normalized spacial score (nSPS) is 12.3. The molecule has 0 saturated carbocycles. The van der Waals surface area contributed by atoms with Crippen LogP contribution in [0.4, 0.5) is 0 Å². The van der Waals surface area contributed by atoms with Crippen molar-refractivity contribution in [2.24, 2.45) is 0 Å². The molecular formula is C16H16O3. The Morgan fingerprint density at radius 3 is 2.74 bits per heavy atom. The Hall–Kier alpha value is -2.29. The second-order valence-corrected chi connectivity index (χ2v) is 4.17. The van der Waals surface area contributed by atoms with Crippen molar-refractivity contribution in [3.8, 4) is 5.75 Å². The molecule has 0 spiro atoms. The van der Waals surface area contributed by atoms with Gasteiger partial charge in [0.15, 0.2) is 5.76 Å². The van der Waals surface area contributed by atoms with E-state index in [1.165, 1.54) is 7.11 Å². The number of para-hydroxylation sites is 1. The van der Waals surface area contributed by atoms with Crippen LogP contribution in [-0.2, 0) is 0 Å². The molecule has 3 heteroatoms. The summed E-state index contributed by atoms with van der Waals surface area (Å²) < 4.78 is 11.0. The minimum atomic E-state index is -0.146. The average Bonchev–Trinajstić information content (AvgIpc) is 2.44. The topological polar surface area (TPSA) is 39.4 Å². The largest absolute Gasteiger partial charge is 0.490 e. The number of rotatable bonds is 3. The summed E-state index contributed by atoms with van der Waals surface area (Å²) in [5, 5.41) is 0.530. The highest BCUT2D eigenvalue weighted by Crippen LogP contribution is 2.26. The highest BCUT2D eigenvalue weighted by molar-refractivity contribution is 5.81. The Labute approximate surface area is 111 Å². The van der Waals surface area contributed by atoms with Crippen molar-refractivity contribution >= 4 is 16.5 Å². The molecule has 0 atom stereocenters. The molecular weight excluding hydrogens is 240 g/mol. The number of benzene rings is 1. The van der Waals surface area contributed by atoms with Gasteiger partial charge in [0.05, 0.1) is 12.5 Å². The number of hydrogen-bond donors (Lipinski definition) is 0. The highest BCUT2D eigenvalue weighted by Gasteiger charge is 2.15. The van der Waals surface area contributed by atoms with Gasteiger partial charge in [-0.25, -0.2) is 0 Å². The van der Waals surface area contributed by atoms with E-state index >= 15 is 0 Å². The minimum absolute atomic E-state index is 0.146. The van der Waals surface area contributed by atoms with Gasteiger partial charge in [0.2, 0.25) is 11.2 Å². The van der Waals surface area contributed by atoms with Crippen LogP contribution in [0, 0.1) is 0 Å². The fraction of sp³-hybridized carbons (Fsp3) is 0.188. The van der Waals surface area contributed by atoms with E-state index in [0.717, 1.165) is 5.57 Å². The Morgan fingerprint density at radius 2 is 2.05 bits per heavy atom. The molecule has 0 aliphatic carbocycles. The van der Waals surface area contributed by atoms with Crippen molar-refractivity contribution in [2.45, 2.75) is 13.8 Å². The van der Waals surface area contributed by atoms with Crippen molar-refractivity contribution in [3.63, 3.8) is 0 Å². The van der Waals surface area contributed by atoms with E-state index in [1.807, 2.05) is 38.1 Å². The zero-order valence-corrected chi connectivity index (χ0v) is 11.3. The van der Waals surface area contributed by atoms with Crippen LogP contribution in [0.1, 0.15) is 19.6 Å². The van der Waals surface area contributed by atoms with Crippen LogP contribution < -0.4 is 10.2 Å². The van der Waals surface area contributed by atoms with Gasteiger partial charge in [0, 0.05) is 0 Å². The zero-order chi connectivity index (χ0) is 13.8. The summed E-state index contributed by atoms with van der Waals surface area (Å²) in [5.74, 6) is 0.723. The van der Waals surface area contributed by atoms with Crippen molar-refractivity contribution in [3.05, 3.63) is 58.5 Å². The summed E-state index contributed by atoms with van der Waals surface area (Å²) in [4.78, 5) is 12.3. The van der Waals surface area contributed by atoms with Gasteiger partial charge in [-0.2, -0.15) is 0 Å². The van der Waals surface area contributed by atoms with Gasteiger partial charge in [-0.05, 0) is 31.6 Å². The Balaban J connectivity index is 2.77. The van der Waals surface area contributed by atoms with Crippen LogP contribution in [0.2, 0.25) is 0 Å². The molecule has 0 aliphatic heterocycles. The number of ether oxygens (including phenoxy) is 1. The van der Waals surface area contributed by atoms with Gasteiger partial charge in [0.25, 0.3) is 0 Å². The summed E-state index contributed by atoms with van der Waals surface area (Å²) in [6, 6.07) is 7.16. The lowest BCUT2D eigenvalue weighted by Gasteiger charge is -2.08. The molecule has 2 rings (SSSR count). The van der Waals surface area contributed by atoms with E-state index in [1.54, 1.807) is 18.2 Å². The predicted molar refractivity (Wildman–Crippen MR) is 77.5 cm³/mol. The van der Waals surface area contributed by atoms with Crippen LogP contribution in [-0.4, -0.2) is 7.11 Å². The molecule has 0 radical (unpaired) electrons. The molecule has 1 aromatic heterocycles. The third-order valence-electron chi connectivity index (χ3n) is 2.86. The van der Waals surface area contributed by atoms with E-state index in [9.17, 15) is 4.79 Å². The highest BCUT2D eigenvalue weighted by atomic mass is 16.5. The molecule has 0 aliphatic rings. The first-order chi connectivity index (χ1) is 9.19. The molecule has 0 saturated heterocycles. The van der Waals surface area contributed by atoms with Crippen LogP contribution in [0.15, 0.2) is 51.7 Å². The lowest BCUT2D eigenvalue weighted by molar-refractivity contribution is 0.390. The van der Waals surface area contributed by atoms with E-state index in [4.69, 9.17) is 9.15 Å². The average molecular weight is 256 g/mol. The van der Waals surface area contributed by atoms with Gasteiger partial charge >= 0.3 is 0 Å². The third kappa shape index (κ3) is 2.45. The summed E-state index contributed by atoms with van der Waals surface area (Å²) in [5.41, 5.74) is 1.27. The molecule has 1 aromatic carbocycles.